The average molecular weight is 272 g/mol. The summed E-state index contributed by atoms with van der Waals surface area (Å²) in [6, 6.07) is 4.31. The van der Waals surface area contributed by atoms with E-state index >= 15 is 0 Å². The van der Waals surface area contributed by atoms with E-state index in [2.05, 4.69) is 16.8 Å². The predicted octanol–water partition coefficient (Wildman–Crippen LogP) is 3.43. The second-order valence-corrected chi connectivity index (χ2v) is 6.47. The van der Waals surface area contributed by atoms with E-state index in [9.17, 15) is 4.79 Å². The number of carbonyl (C=O) groups excluding carboxylic acids is 1. The molecular weight excluding hydrogens is 248 g/mol. The molecule has 1 amide bonds. The first-order chi connectivity index (χ1) is 9.66. The van der Waals surface area contributed by atoms with Gasteiger partial charge in [-0.1, -0.05) is 19.8 Å². The second kappa shape index (κ2) is 5.55. The highest BCUT2D eigenvalue weighted by molar-refractivity contribution is 5.94. The largest absolute Gasteiger partial charge is 0.335 e. The number of hydrogen-bond donors (Lipinski definition) is 0. The number of fused-ring (bicyclic) bond motifs is 1. The van der Waals surface area contributed by atoms with E-state index in [0.29, 0.717) is 12.0 Å². The van der Waals surface area contributed by atoms with Crippen LogP contribution in [0.5, 0.6) is 0 Å². The van der Waals surface area contributed by atoms with E-state index in [1.165, 1.54) is 25.7 Å². The Balaban J connectivity index is 1.81. The van der Waals surface area contributed by atoms with Crippen LogP contribution in [-0.4, -0.2) is 28.4 Å². The fourth-order valence-corrected chi connectivity index (χ4v) is 3.93. The third-order valence-electron chi connectivity index (χ3n) is 5.16. The molecular formula is C17H24N2O. The molecule has 3 rings (SSSR count). The molecule has 1 saturated carbocycles. The molecule has 3 nitrogen and oxygen atoms in total. The van der Waals surface area contributed by atoms with Crippen LogP contribution in [0.25, 0.3) is 0 Å². The number of pyridine rings is 1. The Kier molecular flexibility index (Phi) is 3.77. The molecule has 0 spiro atoms. The summed E-state index contributed by atoms with van der Waals surface area (Å²) in [6.45, 7) is 5.22. The normalized spacial score (nSPS) is 29.9. The second-order valence-electron chi connectivity index (χ2n) is 6.47. The number of likely N-dealkylation sites (tertiary alicyclic amines) is 1. The van der Waals surface area contributed by atoms with Gasteiger partial charge in [0.15, 0.2) is 0 Å². The topological polar surface area (TPSA) is 33.2 Å². The minimum Gasteiger partial charge on any atom is -0.335 e. The molecule has 1 saturated heterocycles. The van der Waals surface area contributed by atoms with Crippen molar-refractivity contribution >= 4 is 5.91 Å². The first-order valence-electron chi connectivity index (χ1n) is 7.90. The van der Waals surface area contributed by atoms with E-state index in [1.807, 2.05) is 19.1 Å². The molecule has 2 aliphatic rings. The van der Waals surface area contributed by atoms with Gasteiger partial charge in [0.25, 0.3) is 5.91 Å². The molecule has 20 heavy (non-hydrogen) atoms. The first kappa shape index (κ1) is 13.6. The summed E-state index contributed by atoms with van der Waals surface area (Å²) in [4.78, 5) is 19.2. The Bertz CT molecular complexity index is 482. The molecule has 0 radical (unpaired) electrons. The van der Waals surface area contributed by atoms with E-state index in [-0.39, 0.29) is 5.91 Å². The molecule has 1 aliphatic carbocycles. The van der Waals surface area contributed by atoms with Gasteiger partial charge in [-0.25, -0.2) is 0 Å². The zero-order valence-electron chi connectivity index (χ0n) is 12.5. The maximum absolute atomic E-state index is 12.8. The van der Waals surface area contributed by atoms with Crippen molar-refractivity contribution < 1.29 is 4.79 Å². The number of piperidine rings is 1. The summed E-state index contributed by atoms with van der Waals surface area (Å²) in [5.41, 5.74) is 1.71. The first-order valence-corrected chi connectivity index (χ1v) is 7.90. The maximum atomic E-state index is 12.8. The minimum absolute atomic E-state index is 0.182. The third kappa shape index (κ3) is 2.46. The molecule has 2 fully saturated rings. The fourth-order valence-electron chi connectivity index (χ4n) is 3.93. The van der Waals surface area contributed by atoms with Crippen molar-refractivity contribution in [1.82, 2.24) is 9.88 Å². The van der Waals surface area contributed by atoms with Crippen molar-refractivity contribution in [2.45, 2.75) is 52.0 Å². The lowest BCUT2D eigenvalue weighted by Crippen LogP contribution is -2.52. The van der Waals surface area contributed by atoms with Crippen molar-refractivity contribution in [3.8, 4) is 0 Å². The van der Waals surface area contributed by atoms with Gasteiger partial charge >= 0.3 is 0 Å². The van der Waals surface area contributed by atoms with Gasteiger partial charge in [-0.05, 0) is 50.2 Å². The summed E-state index contributed by atoms with van der Waals surface area (Å²) >= 11 is 0. The Morgan fingerprint density at radius 1 is 1.25 bits per heavy atom. The molecule has 1 aromatic heterocycles. The molecule has 0 N–H and O–H groups in total. The zero-order chi connectivity index (χ0) is 14.1. The number of aromatic nitrogens is 1. The number of aryl methyl sites for hydroxylation is 1. The molecule has 108 valence electrons. The Hall–Kier alpha value is -1.38. The van der Waals surface area contributed by atoms with Gasteiger partial charge in [-0.15, -0.1) is 0 Å². The average Bonchev–Trinajstić information content (AvgIpc) is 2.48. The Morgan fingerprint density at radius 2 is 2.05 bits per heavy atom. The number of carbonyl (C=O) groups is 1. The van der Waals surface area contributed by atoms with Crippen LogP contribution in [0, 0.1) is 18.8 Å². The number of nitrogens with zero attached hydrogens (tertiary/aromatic N) is 2. The van der Waals surface area contributed by atoms with E-state index < -0.39 is 0 Å². The van der Waals surface area contributed by atoms with Crippen molar-refractivity contribution in [2.24, 2.45) is 11.8 Å². The van der Waals surface area contributed by atoms with Crippen molar-refractivity contribution in [3.05, 3.63) is 29.6 Å². The molecule has 1 aromatic rings. The predicted molar refractivity (Wildman–Crippen MR) is 79.5 cm³/mol. The zero-order valence-corrected chi connectivity index (χ0v) is 12.5. The van der Waals surface area contributed by atoms with Crippen molar-refractivity contribution in [2.75, 3.05) is 6.54 Å². The molecule has 3 unspecified atom stereocenters. The smallest absolute Gasteiger partial charge is 0.255 e. The fraction of sp³-hybridized carbons (Fsp3) is 0.647. The number of hydrogen-bond acceptors (Lipinski definition) is 2. The minimum atomic E-state index is 0.182. The van der Waals surface area contributed by atoms with Crippen LogP contribution >= 0.6 is 0 Å². The van der Waals surface area contributed by atoms with Crippen LogP contribution < -0.4 is 0 Å². The Morgan fingerprint density at radius 3 is 2.80 bits per heavy atom. The monoisotopic (exact) mass is 272 g/mol. The summed E-state index contributed by atoms with van der Waals surface area (Å²) in [6.07, 6.45) is 7.95. The van der Waals surface area contributed by atoms with Crippen LogP contribution in [-0.2, 0) is 0 Å². The van der Waals surface area contributed by atoms with Crippen molar-refractivity contribution in [3.63, 3.8) is 0 Å². The molecule has 0 bridgehead atoms. The van der Waals surface area contributed by atoms with Gasteiger partial charge in [-0.3, -0.25) is 9.78 Å². The van der Waals surface area contributed by atoms with Crippen LogP contribution in [0.1, 0.15) is 55.1 Å². The van der Waals surface area contributed by atoms with Crippen LogP contribution in [0.15, 0.2) is 18.3 Å². The van der Waals surface area contributed by atoms with Crippen LogP contribution in [0.3, 0.4) is 0 Å². The Labute approximate surface area is 121 Å². The maximum Gasteiger partial charge on any atom is 0.255 e. The van der Waals surface area contributed by atoms with Crippen LogP contribution in [0.4, 0.5) is 0 Å². The summed E-state index contributed by atoms with van der Waals surface area (Å²) in [5.74, 6) is 1.65. The van der Waals surface area contributed by atoms with E-state index in [1.54, 1.807) is 6.20 Å². The number of amides is 1. The van der Waals surface area contributed by atoms with Crippen LogP contribution in [0.2, 0.25) is 0 Å². The summed E-state index contributed by atoms with van der Waals surface area (Å²) in [5, 5.41) is 0. The van der Waals surface area contributed by atoms with Gasteiger partial charge in [0.2, 0.25) is 0 Å². The quantitative estimate of drug-likeness (QED) is 0.784. The van der Waals surface area contributed by atoms with Gasteiger partial charge in [0.05, 0.1) is 5.56 Å². The van der Waals surface area contributed by atoms with Gasteiger partial charge in [-0.2, -0.15) is 0 Å². The standard InChI is InChI=1S/C17H24N2O/c1-12-9-10-19(16-6-4-3-5-15(12)16)17(20)14-8-7-13(2)18-11-14/h7-8,11-12,15-16H,3-6,9-10H2,1-2H3. The van der Waals surface area contributed by atoms with Gasteiger partial charge in [0.1, 0.15) is 0 Å². The molecule has 2 heterocycles. The van der Waals surface area contributed by atoms with Crippen molar-refractivity contribution in [1.29, 1.82) is 0 Å². The molecule has 1 aliphatic heterocycles. The summed E-state index contributed by atoms with van der Waals surface area (Å²) in [7, 11) is 0. The molecule has 3 atom stereocenters. The highest BCUT2D eigenvalue weighted by Gasteiger charge is 2.39. The lowest BCUT2D eigenvalue weighted by Gasteiger charge is -2.47. The molecule has 3 heteroatoms. The molecule has 0 aromatic carbocycles. The van der Waals surface area contributed by atoms with Gasteiger partial charge < -0.3 is 4.90 Å². The van der Waals surface area contributed by atoms with Gasteiger partial charge in [0, 0.05) is 24.5 Å². The highest BCUT2D eigenvalue weighted by atomic mass is 16.2. The third-order valence-corrected chi connectivity index (χ3v) is 5.16. The summed E-state index contributed by atoms with van der Waals surface area (Å²) < 4.78 is 0. The SMILES string of the molecule is Cc1ccc(C(=O)N2CCC(C)C3CCCCC32)cn1. The highest BCUT2D eigenvalue weighted by Crippen LogP contribution is 2.39. The van der Waals surface area contributed by atoms with E-state index in [0.717, 1.165) is 30.1 Å². The lowest BCUT2D eigenvalue weighted by atomic mass is 9.72. The van der Waals surface area contributed by atoms with E-state index in [4.69, 9.17) is 0 Å². The lowest BCUT2D eigenvalue weighted by molar-refractivity contribution is 0.0217. The number of rotatable bonds is 1.